The van der Waals surface area contributed by atoms with Crippen molar-refractivity contribution in [3.63, 3.8) is 0 Å². The Morgan fingerprint density at radius 1 is 0.398 bits per heavy atom. The van der Waals surface area contributed by atoms with E-state index in [4.69, 9.17) is 52.1 Å². The summed E-state index contributed by atoms with van der Waals surface area (Å²) in [5, 5.41) is 182. The summed E-state index contributed by atoms with van der Waals surface area (Å²) in [5.74, 6) is -3.75. The average Bonchev–Trinajstić information content (AvgIpc) is 3.65. The average molecular weight is 1200 g/mol. The Balaban J connectivity index is 0.771. The fraction of sp³-hybridized carbons (Fsp3) is 0.962. The van der Waals surface area contributed by atoms with Gasteiger partial charge in [-0.05, 0) is 83.5 Å². The number of rotatable bonds is 16. The van der Waals surface area contributed by atoms with Gasteiger partial charge in [0.15, 0.2) is 25.2 Å². The topological polar surface area (TPSA) is 480 Å². The molecular formula is C53H86O30. The third kappa shape index (κ3) is 14.8. The lowest BCUT2D eigenvalue weighted by atomic mass is 9.72. The fourth-order valence-corrected chi connectivity index (χ4v) is 13.3. The van der Waals surface area contributed by atoms with Crippen molar-refractivity contribution >= 4 is 11.9 Å². The van der Waals surface area contributed by atoms with Gasteiger partial charge in [-0.1, -0.05) is 0 Å². The molecule has 0 aromatic rings. The van der Waals surface area contributed by atoms with Crippen molar-refractivity contribution in [2.24, 2.45) is 23.7 Å². The summed E-state index contributed by atoms with van der Waals surface area (Å²) in [6.45, 7) is -0.147. The maximum absolute atomic E-state index is 13.4. The molecule has 30 nitrogen and oxygen atoms in total. The molecule has 0 bridgehead atoms. The number of ether oxygens (including phenoxy) is 11. The lowest BCUT2D eigenvalue weighted by Gasteiger charge is -2.52. The van der Waals surface area contributed by atoms with Crippen molar-refractivity contribution < 1.29 is 149 Å². The smallest absolute Gasteiger partial charge is 0.309 e. The van der Waals surface area contributed by atoms with Gasteiger partial charge in [0.25, 0.3) is 0 Å². The Kier molecular flexibility index (Phi) is 22.2. The SMILES string of the molecule is C[C@@H]1O[C@@H](OC[C@H]2O[C@@H](OC3CC4C(O)CC(O[C@@H]5O[C@H](COC(=O)C6CCC(O[C@@H]7O[C@H](COC(=O)C8CCC(O)CC8)[C@@H](O)[C@H](O)[C@H]7O)CC6)[C@@H](O)[C@H](O)[C@H]5O)CC4OC3C3CC(O)C(O)C(O)C3)[C@H](O)[C@@H](O)[C@@H]2O)[C@H](O)[C@H](O)[C@H]1O. The van der Waals surface area contributed by atoms with Crippen LogP contribution in [0.5, 0.6) is 0 Å². The van der Waals surface area contributed by atoms with Gasteiger partial charge in [0.1, 0.15) is 111 Å². The van der Waals surface area contributed by atoms with Gasteiger partial charge in [-0.25, -0.2) is 0 Å². The predicted molar refractivity (Wildman–Crippen MR) is 268 cm³/mol. The molecule has 0 aromatic heterocycles. The molecule has 5 aliphatic heterocycles. The van der Waals surface area contributed by atoms with Crippen LogP contribution in [-0.4, -0.2) is 302 Å². The van der Waals surface area contributed by atoms with E-state index in [1.165, 1.54) is 6.92 Å². The largest absolute Gasteiger partial charge is 0.463 e. The highest BCUT2D eigenvalue weighted by Crippen LogP contribution is 2.45. The number of aliphatic hydroxyl groups is 17. The van der Waals surface area contributed by atoms with Gasteiger partial charge in [-0.3, -0.25) is 9.59 Å². The first-order valence-electron chi connectivity index (χ1n) is 29.1. The van der Waals surface area contributed by atoms with Gasteiger partial charge in [-0.15, -0.1) is 0 Å². The van der Waals surface area contributed by atoms with Crippen LogP contribution in [0.4, 0.5) is 0 Å². The first kappa shape index (κ1) is 65.3. The number of carbonyl (C=O) groups excluding carboxylic acids is 2. The normalized spacial score (nSPS) is 51.8. The predicted octanol–water partition coefficient (Wildman–Crippen LogP) is -7.34. The van der Waals surface area contributed by atoms with E-state index in [9.17, 15) is 96.4 Å². The maximum atomic E-state index is 13.4. The van der Waals surface area contributed by atoms with Gasteiger partial charge in [0.2, 0.25) is 0 Å². The van der Waals surface area contributed by atoms with E-state index in [1.807, 2.05) is 0 Å². The van der Waals surface area contributed by atoms with Crippen molar-refractivity contribution in [1.29, 1.82) is 0 Å². The summed E-state index contributed by atoms with van der Waals surface area (Å²) in [6.07, 6.45) is -40.0. The molecule has 4 aliphatic carbocycles. The second-order valence-electron chi connectivity index (χ2n) is 24.3. The molecule has 9 rings (SSSR count). The highest BCUT2D eigenvalue weighted by molar-refractivity contribution is 5.73. The summed E-state index contributed by atoms with van der Waals surface area (Å²) in [7, 11) is 0. The van der Waals surface area contributed by atoms with Crippen LogP contribution in [-0.2, 0) is 61.7 Å². The van der Waals surface area contributed by atoms with E-state index in [1.54, 1.807) is 0 Å². The molecule has 9 fully saturated rings. The highest BCUT2D eigenvalue weighted by Gasteiger charge is 2.55. The Bertz CT molecular complexity index is 2060. The molecule has 0 amide bonds. The van der Waals surface area contributed by atoms with Crippen LogP contribution < -0.4 is 0 Å². The van der Waals surface area contributed by atoms with E-state index in [-0.39, 0.29) is 57.8 Å². The maximum Gasteiger partial charge on any atom is 0.309 e. The molecule has 5 heterocycles. The van der Waals surface area contributed by atoms with E-state index >= 15 is 0 Å². The first-order chi connectivity index (χ1) is 39.4. The molecule has 9 aliphatic rings. The Hall–Kier alpha value is -2.10. The summed E-state index contributed by atoms with van der Waals surface area (Å²) >= 11 is 0. The zero-order valence-corrected chi connectivity index (χ0v) is 45.9. The third-order valence-corrected chi connectivity index (χ3v) is 18.5. The number of hydrogen-bond acceptors (Lipinski definition) is 30. The number of carbonyl (C=O) groups is 2. The molecule has 83 heavy (non-hydrogen) atoms. The molecule has 478 valence electrons. The number of hydrogen-bond donors (Lipinski definition) is 17. The van der Waals surface area contributed by atoms with E-state index in [0.29, 0.717) is 25.7 Å². The second-order valence-corrected chi connectivity index (χ2v) is 24.3. The van der Waals surface area contributed by atoms with Crippen molar-refractivity contribution in [1.82, 2.24) is 0 Å². The zero-order valence-electron chi connectivity index (χ0n) is 45.9. The molecule has 0 aromatic carbocycles. The van der Waals surface area contributed by atoms with Crippen LogP contribution >= 0.6 is 0 Å². The molecule has 28 atom stereocenters. The lowest BCUT2D eigenvalue weighted by Crippen LogP contribution is -2.63. The van der Waals surface area contributed by atoms with Crippen LogP contribution in [0, 0.1) is 23.7 Å². The highest BCUT2D eigenvalue weighted by atomic mass is 16.7. The van der Waals surface area contributed by atoms with E-state index < -0.39 is 239 Å². The summed E-state index contributed by atoms with van der Waals surface area (Å²) < 4.78 is 64.8. The monoisotopic (exact) mass is 1200 g/mol. The number of fused-ring (bicyclic) bond motifs is 1. The van der Waals surface area contributed by atoms with E-state index in [2.05, 4.69) is 0 Å². The number of aliphatic hydroxyl groups excluding tert-OH is 17. The van der Waals surface area contributed by atoms with Crippen molar-refractivity contribution in [2.75, 3.05) is 19.8 Å². The second kappa shape index (κ2) is 28.2. The number of esters is 2. The van der Waals surface area contributed by atoms with Gasteiger partial charge in [-0.2, -0.15) is 0 Å². The van der Waals surface area contributed by atoms with Crippen molar-refractivity contribution in [2.45, 2.75) is 274 Å². The minimum atomic E-state index is -1.88. The fourth-order valence-electron chi connectivity index (χ4n) is 13.3. The van der Waals surface area contributed by atoms with Crippen LogP contribution in [0.2, 0.25) is 0 Å². The summed E-state index contributed by atoms with van der Waals surface area (Å²) in [4.78, 5) is 26.1. The summed E-state index contributed by atoms with van der Waals surface area (Å²) in [5.41, 5.74) is 0. The zero-order chi connectivity index (χ0) is 59.9. The van der Waals surface area contributed by atoms with Gasteiger partial charge < -0.3 is 139 Å². The van der Waals surface area contributed by atoms with Gasteiger partial charge in [0.05, 0.1) is 79.5 Å². The minimum Gasteiger partial charge on any atom is -0.463 e. The minimum absolute atomic E-state index is 0.0150. The lowest BCUT2D eigenvalue weighted by molar-refractivity contribution is -0.348. The third-order valence-electron chi connectivity index (χ3n) is 18.5. The molecule has 4 saturated carbocycles. The molecule has 0 spiro atoms. The Morgan fingerprint density at radius 2 is 0.843 bits per heavy atom. The standard InChI is InChI=1S/C53H86O30/c1-18-34(58)39(63)43(67)50(76-18)75-17-33-38(62)42(66)46(70)53(83-33)80-30-14-25-26(55)12-24(13-29(25)79-47(30)21-10-27(56)35(59)28(57)11-21)78-52-45(69)41(65)37(61)32(82-52)16-74-49(72)20-4-8-23(9-5-20)77-51-44(68)40(64)36(60)31(81-51)15-73-48(71)19-2-6-22(54)7-3-19/h18-47,50-70H,2-17H2,1H3/t18-,19?,20?,21?,22?,23?,24?,25?,26?,27?,28?,29?,30?,31+,32+,33+,34-,35?,36+,37+,38+,39+,40-,41-,42-,43+,44+,45+,46+,47?,50+,51+,52+,53+/m0/s1. The molecular weight excluding hydrogens is 1120 g/mol. The van der Waals surface area contributed by atoms with Crippen molar-refractivity contribution in [3.05, 3.63) is 0 Å². The Morgan fingerprint density at radius 3 is 1.36 bits per heavy atom. The Labute approximate surface area is 477 Å². The first-order valence-corrected chi connectivity index (χ1v) is 29.1. The summed E-state index contributed by atoms with van der Waals surface area (Å²) in [6, 6.07) is 0. The molecule has 17 N–H and O–H groups in total. The van der Waals surface area contributed by atoms with Crippen LogP contribution in [0.15, 0.2) is 0 Å². The molecule has 8 unspecified atom stereocenters. The molecule has 5 saturated heterocycles. The van der Waals surface area contributed by atoms with Gasteiger partial charge in [0, 0.05) is 18.8 Å². The molecule has 0 radical (unpaired) electrons. The van der Waals surface area contributed by atoms with Crippen molar-refractivity contribution in [3.8, 4) is 0 Å². The van der Waals surface area contributed by atoms with Crippen LogP contribution in [0.1, 0.15) is 90.4 Å². The quantitative estimate of drug-likeness (QED) is 0.0639. The van der Waals surface area contributed by atoms with E-state index in [0.717, 1.165) is 0 Å². The van der Waals surface area contributed by atoms with Crippen LogP contribution in [0.25, 0.3) is 0 Å². The van der Waals surface area contributed by atoms with Gasteiger partial charge >= 0.3 is 11.9 Å². The molecule has 30 heteroatoms. The van der Waals surface area contributed by atoms with Crippen LogP contribution in [0.3, 0.4) is 0 Å².